The smallest absolute Gasteiger partial charge is 0.395 e. The van der Waals surface area contributed by atoms with E-state index in [1.165, 1.54) is 18.5 Å². The van der Waals surface area contributed by atoms with E-state index < -0.39 is 23.4 Å². The summed E-state index contributed by atoms with van der Waals surface area (Å²) in [5, 5.41) is 12.9. The van der Waals surface area contributed by atoms with Crippen molar-refractivity contribution in [1.82, 2.24) is 15.2 Å². The van der Waals surface area contributed by atoms with Crippen LogP contribution in [0.5, 0.6) is 5.75 Å². The number of phenols is 1. The number of halogens is 4. The van der Waals surface area contributed by atoms with Crippen LogP contribution >= 0.6 is 11.6 Å². The molecule has 1 fully saturated rings. The first-order valence-electron chi connectivity index (χ1n) is 11.2. The number of nitrogens with zero attached hydrogens (tertiary/aromatic N) is 2. The largest absolute Gasteiger partial charge is 0.508 e. The highest BCUT2D eigenvalue weighted by atomic mass is 35.5. The Balaban J connectivity index is 1.74. The Morgan fingerprint density at radius 3 is 2.32 bits per heavy atom. The second-order valence-electron chi connectivity index (χ2n) is 9.53. The molecule has 2 N–H and O–H groups in total. The number of nitrogens with one attached hydrogen (secondary N) is 1. The molecule has 1 aromatic heterocycles. The summed E-state index contributed by atoms with van der Waals surface area (Å²) in [6.07, 6.45) is -1.38. The van der Waals surface area contributed by atoms with Crippen molar-refractivity contribution in [2.24, 2.45) is 5.41 Å². The Bertz CT molecular complexity index is 1020. The van der Waals surface area contributed by atoms with Crippen molar-refractivity contribution in [2.75, 3.05) is 20.6 Å². The lowest BCUT2D eigenvalue weighted by Crippen LogP contribution is -2.43. The number of phenolic OH excluding ortho intramolecular Hbond substituents is 1. The van der Waals surface area contributed by atoms with Crippen molar-refractivity contribution in [3.05, 3.63) is 57.9 Å². The van der Waals surface area contributed by atoms with Crippen LogP contribution in [-0.2, 0) is 11.2 Å². The van der Waals surface area contributed by atoms with E-state index >= 15 is 0 Å². The molecule has 1 amide bonds. The van der Waals surface area contributed by atoms with Gasteiger partial charge in [-0.2, -0.15) is 13.2 Å². The zero-order valence-corrected chi connectivity index (χ0v) is 20.6. The second kappa shape index (κ2) is 10.1. The lowest BCUT2D eigenvalue weighted by atomic mass is 9.80. The minimum absolute atomic E-state index is 0.0132. The number of amides is 1. The average Bonchev–Trinajstić information content (AvgIpc) is 3.52. The van der Waals surface area contributed by atoms with Crippen LogP contribution in [-0.4, -0.2) is 53.8 Å². The van der Waals surface area contributed by atoms with Crippen molar-refractivity contribution >= 4 is 17.5 Å². The quantitative estimate of drug-likeness (QED) is 0.502. The molecule has 0 spiro atoms. The second-order valence-corrected chi connectivity index (χ2v) is 9.97. The van der Waals surface area contributed by atoms with Crippen molar-refractivity contribution < 1.29 is 23.1 Å². The van der Waals surface area contributed by atoms with Gasteiger partial charge in [0.15, 0.2) is 0 Å². The summed E-state index contributed by atoms with van der Waals surface area (Å²) in [5.41, 5.74) is 1.38. The van der Waals surface area contributed by atoms with E-state index in [4.69, 9.17) is 11.6 Å². The Hall–Kier alpha value is -2.32. The summed E-state index contributed by atoms with van der Waals surface area (Å²) in [6, 6.07) is 4.79. The van der Waals surface area contributed by atoms with Gasteiger partial charge < -0.3 is 15.3 Å². The number of hydrogen-bond acceptors (Lipinski definition) is 4. The Morgan fingerprint density at radius 2 is 1.82 bits per heavy atom. The zero-order valence-electron chi connectivity index (χ0n) is 19.8. The van der Waals surface area contributed by atoms with Gasteiger partial charge in [-0.1, -0.05) is 11.6 Å². The molecule has 0 bridgehead atoms. The maximum Gasteiger partial charge on any atom is 0.395 e. The van der Waals surface area contributed by atoms with Crippen LogP contribution in [0.2, 0.25) is 5.02 Å². The highest BCUT2D eigenvalue weighted by Crippen LogP contribution is 2.66. The van der Waals surface area contributed by atoms with E-state index in [1.807, 2.05) is 32.8 Å². The third-order valence-electron chi connectivity index (χ3n) is 6.92. The van der Waals surface area contributed by atoms with Gasteiger partial charge in [0.1, 0.15) is 5.75 Å². The number of alkyl halides is 3. The number of benzene rings is 1. The molecule has 1 aromatic carbocycles. The minimum atomic E-state index is -4.42. The van der Waals surface area contributed by atoms with E-state index in [0.29, 0.717) is 12.0 Å². The fraction of sp³-hybridized carbons (Fsp3) is 0.520. The number of rotatable bonds is 9. The van der Waals surface area contributed by atoms with Crippen LogP contribution in [0.1, 0.15) is 47.4 Å². The lowest BCUT2D eigenvalue weighted by molar-refractivity contribution is -0.194. The van der Waals surface area contributed by atoms with E-state index in [2.05, 4.69) is 10.3 Å². The van der Waals surface area contributed by atoms with Crippen LogP contribution in [0.4, 0.5) is 13.2 Å². The fourth-order valence-electron chi connectivity index (χ4n) is 4.67. The van der Waals surface area contributed by atoms with Crippen molar-refractivity contribution in [3.8, 4) is 5.75 Å². The van der Waals surface area contributed by atoms with Gasteiger partial charge in [-0.3, -0.25) is 9.78 Å². The predicted octanol–water partition coefficient (Wildman–Crippen LogP) is 5.16. The first-order valence-corrected chi connectivity index (χ1v) is 11.6. The van der Waals surface area contributed by atoms with Gasteiger partial charge in [0.25, 0.3) is 0 Å². The van der Waals surface area contributed by atoms with Crippen LogP contribution in [0.15, 0.2) is 30.6 Å². The van der Waals surface area contributed by atoms with Crippen molar-refractivity contribution in [3.63, 3.8) is 0 Å². The highest BCUT2D eigenvalue weighted by molar-refractivity contribution is 6.30. The Labute approximate surface area is 203 Å². The summed E-state index contributed by atoms with van der Waals surface area (Å²) in [4.78, 5) is 18.8. The molecule has 34 heavy (non-hydrogen) atoms. The van der Waals surface area contributed by atoms with E-state index in [-0.39, 0.29) is 42.6 Å². The summed E-state index contributed by atoms with van der Waals surface area (Å²) in [6.45, 7) is 4.12. The molecule has 5 nitrogen and oxygen atoms in total. The SMILES string of the molecule is Cc1cc(O)cc(C)c1C[C@@H](CNC(=O)C[C@H](c1cncc(Cl)c1)C1(C(F)(F)F)CC1)N(C)C. The Kier molecular flexibility index (Phi) is 7.82. The molecule has 1 aliphatic carbocycles. The number of pyridine rings is 1. The molecule has 2 atom stereocenters. The third kappa shape index (κ3) is 5.84. The molecule has 1 saturated carbocycles. The van der Waals surface area contributed by atoms with E-state index in [1.54, 1.807) is 12.1 Å². The number of carbonyl (C=O) groups excluding carboxylic acids is 1. The third-order valence-corrected chi connectivity index (χ3v) is 7.13. The number of aromatic nitrogens is 1. The predicted molar refractivity (Wildman–Crippen MR) is 126 cm³/mol. The monoisotopic (exact) mass is 497 g/mol. The van der Waals surface area contributed by atoms with Gasteiger partial charge in [-0.05, 0) is 87.7 Å². The average molecular weight is 498 g/mol. The topological polar surface area (TPSA) is 65.5 Å². The van der Waals surface area contributed by atoms with Gasteiger partial charge in [0.2, 0.25) is 5.91 Å². The highest BCUT2D eigenvalue weighted by Gasteiger charge is 2.67. The molecule has 2 aromatic rings. The standard InChI is InChI=1S/C25H31ClF3N3O2/c1-15-7-20(33)8-16(2)21(15)10-19(32(3)4)14-31-23(34)11-22(17-9-18(26)13-30-12-17)24(5-6-24)25(27,28)29/h7-9,12-13,19,22,33H,5-6,10-11,14H2,1-4H3,(H,31,34)/t19-,22+/m0/s1. The van der Waals surface area contributed by atoms with Crippen molar-refractivity contribution in [2.45, 2.75) is 57.7 Å². The van der Waals surface area contributed by atoms with Crippen LogP contribution < -0.4 is 5.32 Å². The van der Waals surface area contributed by atoms with Gasteiger partial charge in [-0.15, -0.1) is 0 Å². The number of likely N-dealkylation sites (N-methyl/N-ethyl adjacent to an activating group) is 1. The zero-order chi connectivity index (χ0) is 25.3. The van der Waals surface area contributed by atoms with Gasteiger partial charge >= 0.3 is 6.18 Å². The molecule has 1 aliphatic rings. The Morgan fingerprint density at radius 1 is 1.21 bits per heavy atom. The van der Waals surface area contributed by atoms with Crippen LogP contribution in [0.25, 0.3) is 0 Å². The van der Waals surface area contributed by atoms with Gasteiger partial charge in [0.05, 0.1) is 10.4 Å². The molecule has 0 unspecified atom stereocenters. The maximum absolute atomic E-state index is 13.9. The molecule has 9 heteroatoms. The normalized spacial score (nSPS) is 16.9. The van der Waals surface area contributed by atoms with Gasteiger partial charge in [-0.25, -0.2) is 0 Å². The minimum Gasteiger partial charge on any atom is -0.508 e. The lowest BCUT2D eigenvalue weighted by Gasteiger charge is -2.30. The van der Waals surface area contributed by atoms with E-state index in [0.717, 1.165) is 16.7 Å². The summed E-state index contributed by atoms with van der Waals surface area (Å²) >= 11 is 5.99. The molecular weight excluding hydrogens is 467 g/mol. The van der Waals surface area contributed by atoms with E-state index in [9.17, 15) is 23.1 Å². The summed E-state index contributed by atoms with van der Waals surface area (Å²) < 4.78 is 41.8. The number of carbonyl (C=O) groups is 1. The number of aromatic hydroxyl groups is 1. The van der Waals surface area contributed by atoms with Crippen molar-refractivity contribution in [1.29, 1.82) is 0 Å². The molecular formula is C25H31ClF3N3O2. The molecule has 0 radical (unpaired) electrons. The van der Waals surface area contributed by atoms with Crippen LogP contribution in [0, 0.1) is 19.3 Å². The molecule has 3 rings (SSSR count). The molecule has 0 saturated heterocycles. The molecule has 1 heterocycles. The molecule has 0 aliphatic heterocycles. The molecule has 186 valence electrons. The van der Waals surface area contributed by atoms with Crippen LogP contribution in [0.3, 0.4) is 0 Å². The summed E-state index contributed by atoms with van der Waals surface area (Å²) in [7, 11) is 3.79. The van der Waals surface area contributed by atoms with Gasteiger partial charge in [0, 0.05) is 37.3 Å². The number of aryl methyl sites for hydroxylation is 2. The summed E-state index contributed by atoms with van der Waals surface area (Å²) in [5.74, 6) is -1.28. The first kappa shape index (κ1) is 26.3. The maximum atomic E-state index is 13.9. The fourth-order valence-corrected chi connectivity index (χ4v) is 4.85. The number of hydrogen-bond donors (Lipinski definition) is 2. The first-order chi connectivity index (χ1) is 15.8.